The van der Waals surface area contributed by atoms with Gasteiger partial charge >= 0.3 is 5.97 Å². The van der Waals surface area contributed by atoms with Crippen LogP contribution in [0.4, 0.5) is 5.69 Å². The third-order valence-electron chi connectivity index (χ3n) is 8.83. The number of para-hydroxylation sites is 1. The Bertz CT molecular complexity index is 1430. The first kappa shape index (κ1) is 28.1. The zero-order chi connectivity index (χ0) is 28.9. The van der Waals surface area contributed by atoms with E-state index in [0.717, 1.165) is 11.1 Å². The zero-order valence-corrected chi connectivity index (χ0v) is 24.6. The number of aryl methyl sites for hydroxylation is 1. The van der Waals surface area contributed by atoms with Crippen LogP contribution in [0.25, 0.3) is 0 Å². The van der Waals surface area contributed by atoms with Crippen molar-refractivity contribution in [3.05, 3.63) is 89.0 Å². The number of anilines is 1. The molecule has 6 rings (SSSR count). The second kappa shape index (κ2) is 10.6. The van der Waals surface area contributed by atoms with Crippen molar-refractivity contribution in [2.45, 2.75) is 48.3 Å². The average molecular weight is 593 g/mol. The van der Waals surface area contributed by atoms with Crippen LogP contribution >= 0.6 is 23.4 Å². The molecule has 1 spiro atoms. The highest BCUT2D eigenvalue weighted by Crippen LogP contribution is 2.65. The molecule has 2 aromatic carbocycles. The molecule has 2 saturated heterocycles. The van der Waals surface area contributed by atoms with Crippen molar-refractivity contribution in [1.29, 1.82) is 0 Å². The molecular formula is C32H33ClN2O5S. The minimum absolute atomic E-state index is 0.245. The smallest absolute Gasteiger partial charge is 0.311 e. The van der Waals surface area contributed by atoms with E-state index in [1.54, 1.807) is 15.9 Å². The Morgan fingerprint density at radius 2 is 1.83 bits per heavy atom. The van der Waals surface area contributed by atoms with E-state index in [9.17, 15) is 19.5 Å². The van der Waals surface area contributed by atoms with Gasteiger partial charge in [-0.3, -0.25) is 14.4 Å². The molecule has 6 atom stereocenters. The van der Waals surface area contributed by atoms with E-state index < -0.39 is 39.4 Å². The Kier molecular flexibility index (Phi) is 7.29. The third kappa shape index (κ3) is 4.42. The molecule has 4 aliphatic heterocycles. The highest BCUT2D eigenvalue weighted by Gasteiger charge is 2.74. The maximum atomic E-state index is 14.8. The average Bonchev–Trinajstić information content (AvgIpc) is 3.27. The van der Waals surface area contributed by atoms with Crippen molar-refractivity contribution < 1.29 is 24.2 Å². The van der Waals surface area contributed by atoms with Crippen LogP contribution in [-0.4, -0.2) is 69.1 Å². The number of thioether (sulfide) groups is 1. The Balaban J connectivity index is 1.52. The lowest BCUT2D eigenvalue weighted by atomic mass is 9.74. The quantitative estimate of drug-likeness (QED) is 0.410. The molecule has 4 aliphatic rings. The molecule has 0 aliphatic carbocycles. The van der Waals surface area contributed by atoms with E-state index in [4.69, 9.17) is 16.3 Å². The molecule has 1 N–H and O–H groups in total. The molecule has 214 valence electrons. The fourth-order valence-corrected chi connectivity index (χ4v) is 9.59. The van der Waals surface area contributed by atoms with Gasteiger partial charge in [0, 0.05) is 11.3 Å². The van der Waals surface area contributed by atoms with Crippen molar-refractivity contribution in [3.8, 4) is 0 Å². The maximum absolute atomic E-state index is 14.8. The van der Waals surface area contributed by atoms with E-state index in [0.29, 0.717) is 23.6 Å². The van der Waals surface area contributed by atoms with E-state index in [-0.39, 0.29) is 31.6 Å². The first-order valence-electron chi connectivity index (χ1n) is 14.0. The van der Waals surface area contributed by atoms with Gasteiger partial charge in [0.05, 0.1) is 46.5 Å². The largest absolute Gasteiger partial charge is 0.465 e. The number of ether oxygens (including phenoxy) is 1. The van der Waals surface area contributed by atoms with Gasteiger partial charge in [0.2, 0.25) is 5.91 Å². The van der Waals surface area contributed by atoms with Crippen molar-refractivity contribution >= 4 is 46.8 Å². The SMILES string of the molecule is Cc1cccc(Cl)c1N1CC=C[C@]23S[C@]4(C)C=CCCOC(=O)[C@@H]4[C@H]2C(=O)N([C@@H](CO)Cc2ccccc2)C3C1=O. The van der Waals surface area contributed by atoms with Crippen LogP contribution in [0, 0.1) is 18.8 Å². The minimum atomic E-state index is -1.05. The van der Waals surface area contributed by atoms with Crippen molar-refractivity contribution in [2.24, 2.45) is 11.8 Å². The highest BCUT2D eigenvalue weighted by molar-refractivity contribution is 8.02. The Labute approximate surface area is 249 Å². The predicted molar refractivity (Wildman–Crippen MR) is 160 cm³/mol. The predicted octanol–water partition coefficient (Wildman–Crippen LogP) is 4.35. The van der Waals surface area contributed by atoms with Gasteiger partial charge in [0.25, 0.3) is 5.91 Å². The molecule has 0 aromatic heterocycles. The van der Waals surface area contributed by atoms with Crippen LogP contribution < -0.4 is 4.90 Å². The van der Waals surface area contributed by atoms with Crippen LogP contribution in [0.2, 0.25) is 5.02 Å². The number of fused-ring (bicyclic) bond motifs is 2. The number of likely N-dealkylation sites (tertiary alicyclic amines) is 1. The van der Waals surface area contributed by atoms with Gasteiger partial charge < -0.3 is 19.6 Å². The molecule has 1 unspecified atom stereocenters. The van der Waals surface area contributed by atoms with Crippen LogP contribution in [0.3, 0.4) is 0 Å². The van der Waals surface area contributed by atoms with E-state index in [2.05, 4.69) is 0 Å². The summed E-state index contributed by atoms with van der Waals surface area (Å²) in [6.07, 6.45) is 8.84. The molecule has 0 radical (unpaired) electrons. The number of aliphatic hydroxyl groups is 1. The number of carbonyl (C=O) groups excluding carboxylic acids is 3. The van der Waals surface area contributed by atoms with Crippen molar-refractivity contribution in [2.75, 3.05) is 24.7 Å². The second-order valence-electron chi connectivity index (χ2n) is 11.4. The van der Waals surface area contributed by atoms with Crippen LogP contribution in [0.5, 0.6) is 0 Å². The Morgan fingerprint density at radius 1 is 1.05 bits per heavy atom. The molecule has 9 heteroatoms. The minimum Gasteiger partial charge on any atom is -0.465 e. The number of carbonyl (C=O) groups is 3. The van der Waals surface area contributed by atoms with Gasteiger partial charge in [-0.1, -0.05) is 78.4 Å². The summed E-state index contributed by atoms with van der Waals surface area (Å²) in [5.74, 6) is -2.64. The number of hydrogen-bond donors (Lipinski definition) is 1. The van der Waals surface area contributed by atoms with Gasteiger partial charge in [-0.25, -0.2) is 0 Å². The first-order chi connectivity index (χ1) is 19.7. The summed E-state index contributed by atoms with van der Waals surface area (Å²) in [5, 5.41) is 11.1. The number of nitrogens with zero attached hydrogens (tertiary/aromatic N) is 2. The summed E-state index contributed by atoms with van der Waals surface area (Å²) in [6, 6.07) is 13.5. The zero-order valence-electron chi connectivity index (χ0n) is 23.0. The lowest BCUT2D eigenvalue weighted by molar-refractivity contribution is -0.154. The number of benzene rings is 2. The molecule has 0 saturated carbocycles. The molecular weight excluding hydrogens is 560 g/mol. The number of cyclic esters (lactones) is 1. The fourth-order valence-electron chi connectivity index (χ4n) is 7.12. The number of rotatable bonds is 5. The van der Waals surface area contributed by atoms with Crippen molar-refractivity contribution in [1.82, 2.24) is 4.90 Å². The fraction of sp³-hybridized carbons (Fsp3) is 0.406. The molecule has 41 heavy (non-hydrogen) atoms. The number of esters is 1. The normalized spacial score (nSPS) is 31.6. The molecule has 7 nitrogen and oxygen atoms in total. The topological polar surface area (TPSA) is 87.2 Å². The number of halogens is 1. The van der Waals surface area contributed by atoms with E-state index >= 15 is 0 Å². The van der Waals surface area contributed by atoms with Gasteiger partial charge in [-0.2, -0.15) is 0 Å². The first-order valence-corrected chi connectivity index (χ1v) is 15.2. The van der Waals surface area contributed by atoms with Crippen LogP contribution in [0.15, 0.2) is 72.8 Å². The second-order valence-corrected chi connectivity index (χ2v) is 13.6. The molecule has 4 heterocycles. The summed E-state index contributed by atoms with van der Waals surface area (Å²) >= 11 is 8.15. The summed E-state index contributed by atoms with van der Waals surface area (Å²) in [6.45, 7) is 4.04. The lowest BCUT2D eigenvalue weighted by Crippen LogP contribution is -2.57. The molecule has 2 aromatic rings. The number of amides is 2. The Morgan fingerprint density at radius 3 is 2.56 bits per heavy atom. The monoisotopic (exact) mass is 592 g/mol. The summed E-state index contributed by atoms with van der Waals surface area (Å²) in [7, 11) is 0. The maximum Gasteiger partial charge on any atom is 0.311 e. The summed E-state index contributed by atoms with van der Waals surface area (Å²) < 4.78 is 3.83. The van der Waals surface area contributed by atoms with Gasteiger partial charge in [0.1, 0.15) is 6.04 Å². The van der Waals surface area contributed by atoms with Crippen molar-refractivity contribution in [3.63, 3.8) is 0 Å². The molecule has 0 bridgehead atoms. The highest BCUT2D eigenvalue weighted by atomic mass is 35.5. The number of aliphatic hydroxyl groups excluding tert-OH is 1. The Hall–Kier alpha value is -3.07. The molecule has 2 amide bonds. The van der Waals surface area contributed by atoms with Gasteiger partial charge in [-0.15, -0.1) is 11.8 Å². The lowest BCUT2D eigenvalue weighted by Gasteiger charge is -2.40. The van der Waals surface area contributed by atoms with E-state index in [1.807, 2.05) is 80.6 Å². The molecule has 2 fully saturated rings. The van der Waals surface area contributed by atoms with Crippen LogP contribution in [-0.2, 0) is 25.5 Å². The summed E-state index contributed by atoms with van der Waals surface area (Å²) in [5.41, 5.74) is 2.37. The van der Waals surface area contributed by atoms with Gasteiger partial charge in [-0.05, 0) is 43.9 Å². The number of hydrogen-bond acceptors (Lipinski definition) is 6. The standard InChI is InChI=1S/C32H33ClN2O5S/c1-20-10-8-13-23(33)26(20)34-16-9-15-32-24(25-30(39)40-17-7-6-14-31(25,2)41-32)28(37)35(27(32)29(34)38)22(19-36)18-21-11-4-3-5-12-21/h3-6,8-15,22,24-25,27,36H,7,16-19H2,1-2H3/t22-,24+,25+,27?,31-,32+/m1/s1. The van der Waals surface area contributed by atoms with Crippen LogP contribution in [0.1, 0.15) is 24.5 Å². The summed E-state index contributed by atoms with van der Waals surface area (Å²) in [4.78, 5) is 46.3. The third-order valence-corrected chi connectivity index (χ3v) is 10.9. The van der Waals surface area contributed by atoms with Gasteiger partial charge in [0.15, 0.2) is 0 Å². The van der Waals surface area contributed by atoms with E-state index in [1.165, 1.54) is 11.8 Å².